The third-order valence-electron chi connectivity index (χ3n) is 4.98. The molecule has 4 N–H and O–H groups in total. The van der Waals surface area contributed by atoms with E-state index >= 15 is 0 Å². The van der Waals surface area contributed by atoms with Crippen LogP contribution in [0, 0.1) is 0 Å². The highest BCUT2D eigenvalue weighted by atomic mass is 14.9. The molecule has 0 spiro atoms. The molecule has 0 aliphatic heterocycles. The van der Waals surface area contributed by atoms with E-state index < -0.39 is 0 Å². The first-order chi connectivity index (χ1) is 7.66. The van der Waals surface area contributed by atoms with Crippen molar-refractivity contribution in [3.8, 4) is 0 Å². The van der Waals surface area contributed by atoms with Crippen LogP contribution in [0.5, 0.6) is 0 Å². The summed E-state index contributed by atoms with van der Waals surface area (Å²) in [5, 5.41) is 0. The second kappa shape index (κ2) is 5.05. The van der Waals surface area contributed by atoms with E-state index in [-0.39, 0.29) is 11.1 Å². The first-order valence-electron chi connectivity index (χ1n) is 7.24. The maximum atomic E-state index is 6.71. The van der Waals surface area contributed by atoms with Crippen molar-refractivity contribution in [2.24, 2.45) is 11.5 Å². The van der Waals surface area contributed by atoms with E-state index in [4.69, 9.17) is 11.5 Å². The fourth-order valence-corrected chi connectivity index (χ4v) is 3.71. The van der Waals surface area contributed by atoms with E-state index in [9.17, 15) is 0 Å². The quantitative estimate of drug-likeness (QED) is 0.672. The lowest BCUT2D eigenvalue weighted by Gasteiger charge is -2.46. The summed E-state index contributed by atoms with van der Waals surface area (Å²) in [6, 6.07) is 0. The van der Waals surface area contributed by atoms with Crippen LogP contribution in [0.15, 0.2) is 0 Å². The maximum Gasteiger partial charge on any atom is 0.0336 e. The predicted molar refractivity (Wildman–Crippen MR) is 69.2 cm³/mol. The molecule has 2 aliphatic carbocycles. The van der Waals surface area contributed by atoms with Crippen LogP contribution >= 0.6 is 0 Å². The predicted octanol–water partition coefficient (Wildman–Crippen LogP) is 3.09. The van der Waals surface area contributed by atoms with Crippen molar-refractivity contribution >= 4 is 0 Å². The summed E-state index contributed by atoms with van der Waals surface area (Å²) in [6.07, 6.45) is 15.2. The van der Waals surface area contributed by atoms with E-state index in [1.807, 2.05) is 0 Å². The maximum absolute atomic E-state index is 6.71. The van der Waals surface area contributed by atoms with E-state index in [0.29, 0.717) is 0 Å². The Hall–Kier alpha value is -0.0800. The molecule has 0 atom stereocenters. The molecule has 2 saturated carbocycles. The van der Waals surface area contributed by atoms with Gasteiger partial charge >= 0.3 is 0 Å². The van der Waals surface area contributed by atoms with Crippen LogP contribution < -0.4 is 11.5 Å². The second-order valence-corrected chi connectivity index (χ2v) is 6.14. The Bertz CT molecular complexity index is 185. The standard InChI is InChI=1S/C14H28N2/c15-13(9-5-1-2-6-10-13)14(16)11-7-3-4-8-12-14/h1-12,15-16H2. The molecule has 0 aromatic carbocycles. The molecular formula is C14H28N2. The van der Waals surface area contributed by atoms with Crippen molar-refractivity contribution in [1.82, 2.24) is 0 Å². The van der Waals surface area contributed by atoms with Crippen LogP contribution in [0.1, 0.15) is 77.0 Å². The zero-order chi connectivity index (χ0) is 11.5. The van der Waals surface area contributed by atoms with Crippen LogP contribution in [0.2, 0.25) is 0 Å². The van der Waals surface area contributed by atoms with E-state index in [2.05, 4.69) is 0 Å². The van der Waals surface area contributed by atoms with Crippen molar-refractivity contribution in [2.45, 2.75) is 88.1 Å². The molecule has 0 saturated heterocycles. The van der Waals surface area contributed by atoms with Gasteiger partial charge in [-0.1, -0.05) is 51.4 Å². The Morgan fingerprint density at radius 1 is 0.438 bits per heavy atom. The molecule has 0 radical (unpaired) electrons. The molecule has 2 rings (SSSR count). The van der Waals surface area contributed by atoms with Gasteiger partial charge in [0, 0.05) is 11.1 Å². The van der Waals surface area contributed by atoms with Gasteiger partial charge < -0.3 is 11.5 Å². The molecule has 2 nitrogen and oxygen atoms in total. The van der Waals surface area contributed by atoms with Gasteiger partial charge in [-0.3, -0.25) is 0 Å². The minimum Gasteiger partial charge on any atom is -0.324 e. The van der Waals surface area contributed by atoms with Gasteiger partial charge in [0.1, 0.15) is 0 Å². The fraction of sp³-hybridized carbons (Fsp3) is 1.00. The number of nitrogens with two attached hydrogens (primary N) is 2. The van der Waals surface area contributed by atoms with Crippen molar-refractivity contribution in [1.29, 1.82) is 0 Å². The first kappa shape index (κ1) is 12.4. The number of hydrogen-bond donors (Lipinski definition) is 2. The summed E-state index contributed by atoms with van der Waals surface area (Å²) in [6.45, 7) is 0. The third kappa shape index (κ3) is 2.43. The molecular weight excluding hydrogens is 196 g/mol. The lowest BCUT2D eigenvalue weighted by molar-refractivity contribution is 0.170. The zero-order valence-electron chi connectivity index (χ0n) is 10.6. The molecule has 2 aliphatic rings. The Balaban J connectivity index is 2.11. The minimum atomic E-state index is -0.0617. The molecule has 2 heteroatoms. The molecule has 94 valence electrons. The largest absolute Gasteiger partial charge is 0.324 e. The lowest BCUT2D eigenvalue weighted by Crippen LogP contribution is -2.65. The number of rotatable bonds is 1. The molecule has 2 fully saturated rings. The highest BCUT2D eigenvalue weighted by Gasteiger charge is 2.45. The van der Waals surface area contributed by atoms with Gasteiger partial charge in [-0.15, -0.1) is 0 Å². The highest BCUT2D eigenvalue weighted by Crippen LogP contribution is 2.39. The number of hydrogen-bond acceptors (Lipinski definition) is 2. The Kier molecular flexibility index (Phi) is 3.91. The fourth-order valence-electron chi connectivity index (χ4n) is 3.71. The monoisotopic (exact) mass is 224 g/mol. The van der Waals surface area contributed by atoms with Crippen molar-refractivity contribution in [3.63, 3.8) is 0 Å². The molecule has 0 heterocycles. The van der Waals surface area contributed by atoms with Gasteiger partial charge in [0.25, 0.3) is 0 Å². The van der Waals surface area contributed by atoms with Gasteiger partial charge in [-0.05, 0) is 25.7 Å². The summed E-state index contributed by atoms with van der Waals surface area (Å²) in [7, 11) is 0. The van der Waals surface area contributed by atoms with Crippen molar-refractivity contribution < 1.29 is 0 Å². The lowest BCUT2D eigenvalue weighted by atomic mass is 9.69. The smallest absolute Gasteiger partial charge is 0.0336 e. The van der Waals surface area contributed by atoms with Crippen LogP contribution in [0.25, 0.3) is 0 Å². The first-order valence-corrected chi connectivity index (χ1v) is 7.24. The van der Waals surface area contributed by atoms with Crippen LogP contribution in [0.3, 0.4) is 0 Å². The Labute approximate surface area is 100 Å². The van der Waals surface area contributed by atoms with Gasteiger partial charge in [0.15, 0.2) is 0 Å². The van der Waals surface area contributed by atoms with Crippen LogP contribution in [-0.4, -0.2) is 11.1 Å². The molecule has 16 heavy (non-hydrogen) atoms. The Morgan fingerprint density at radius 3 is 0.938 bits per heavy atom. The molecule has 0 unspecified atom stereocenters. The van der Waals surface area contributed by atoms with E-state index in [1.165, 1.54) is 51.4 Å². The third-order valence-corrected chi connectivity index (χ3v) is 4.98. The van der Waals surface area contributed by atoms with E-state index in [1.54, 1.807) is 0 Å². The average molecular weight is 224 g/mol. The summed E-state index contributed by atoms with van der Waals surface area (Å²) in [4.78, 5) is 0. The molecule has 0 aromatic rings. The van der Waals surface area contributed by atoms with E-state index in [0.717, 1.165) is 25.7 Å². The zero-order valence-corrected chi connectivity index (χ0v) is 10.6. The van der Waals surface area contributed by atoms with Crippen LogP contribution in [0.4, 0.5) is 0 Å². The van der Waals surface area contributed by atoms with Gasteiger partial charge in [0.2, 0.25) is 0 Å². The SMILES string of the molecule is NC1(C2(N)CCCCCC2)CCCCCC1. The van der Waals surface area contributed by atoms with Crippen molar-refractivity contribution in [2.75, 3.05) is 0 Å². The second-order valence-electron chi connectivity index (χ2n) is 6.14. The normalized spacial score (nSPS) is 30.4. The topological polar surface area (TPSA) is 52.0 Å². The molecule has 0 bridgehead atoms. The summed E-state index contributed by atoms with van der Waals surface area (Å²) in [5.41, 5.74) is 13.3. The summed E-state index contributed by atoms with van der Waals surface area (Å²) in [5.74, 6) is 0. The van der Waals surface area contributed by atoms with Crippen LogP contribution in [-0.2, 0) is 0 Å². The summed E-state index contributed by atoms with van der Waals surface area (Å²) < 4.78 is 0. The summed E-state index contributed by atoms with van der Waals surface area (Å²) >= 11 is 0. The molecule has 0 amide bonds. The molecule has 0 aromatic heterocycles. The van der Waals surface area contributed by atoms with Gasteiger partial charge in [-0.25, -0.2) is 0 Å². The average Bonchev–Trinajstić information content (AvgIpc) is 2.61. The van der Waals surface area contributed by atoms with Crippen molar-refractivity contribution in [3.05, 3.63) is 0 Å². The highest BCUT2D eigenvalue weighted by molar-refractivity contribution is 5.07. The van der Waals surface area contributed by atoms with Gasteiger partial charge in [0.05, 0.1) is 0 Å². The Morgan fingerprint density at radius 2 is 0.688 bits per heavy atom. The minimum absolute atomic E-state index is 0.0617. The van der Waals surface area contributed by atoms with Gasteiger partial charge in [-0.2, -0.15) is 0 Å².